The Morgan fingerprint density at radius 1 is 1.29 bits per heavy atom. The largest absolute Gasteiger partial charge is 0.465 e. The molecule has 21 heavy (non-hydrogen) atoms. The molecule has 1 aromatic carbocycles. The molecule has 0 saturated heterocycles. The molecule has 0 spiro atoms. The minimum Gasteiger partial charge on any atom is -0.465 e. The molecule has 0 fully saturated rings. The van der Waals surface area contributed by atoms with Crippen molar-refractivity contribution in [2.24, 2.45) is 0 Å². The second-order valence-corrected chi connectivity index (χ2v) is 5.11. The lowest BCUT2D eigenvalue weighted by Crippen LogP contribution is -2.46. The van der Waals surface area contributed by atoms with Crippen molar-refractivity contribution in [1.82, 2.24) is 5.32 Å². The summed E-state index contributed by atoms with van der Waals surface area (Å²) < 4.78 is 4.78. The maximum absolute atomic E-state index is 12.2. The molecule has 0 radical (unpaired) electrons. The van der Waals surface area contributed by atoms with Crippen molar-refractivity contribution >= 4 is 17.6 Å². The van der Waals surface area contributed by atoms with E-state index >= 15 is 0 Å². The Balaban J connectivity index is 2.95. The van der Waals surface area contributed by atoms with Crippen molar-refractivity contribution in [3.8, 4) is 0 Å². The molecule has 0 saturated carbocycles. The fourth-order valence-corrected chi connectivity index (χ4v) is 1.91. The van der Waals surface area contributed by atoms with Crippen LogP contribution in [0.15, 0.2) is 24.3 Å². The van der Waals surface area contributed by atoms with Gasteiger partial charge in [0, 0.05) is 13.1 Å². The normalized spacial score (nSPS) is 13.2. The number of ether oxygens (including phenoxy) is 1. The van der Waals surface area contributed by atoms with Crippen molar-refractivity contribution in [1.29, 1.82) is 0 Å². The number of amides is 1. The first-order valence-electron chi connectivity index (χ1n) is 7.12. The molecule has 0 bridgehead atoms. The molecule has 1 aromatic rings. The lowest BCUT2D eigenvalue weighted by molar-refractivity contribution is -0.122. The molecule has 1 amide bonds. The molecule has 5 nitrogen and oxygen atoms in total. The van der Waals surface area contributed by atoms with Crippen molar-refractivity contribution in [3.63, 3.8) is 0 Å². The minimum atomic E-state index is -0.410. The van der Waals surface area contributed by atoms with Crippen LogP contribution in [0.25, 0.3) is 0 Å². The number of benzene rings is 1. The summed E-state index contributed by atoms with van der Waals surface area (Å²) in [6, 6.07) is 6.84. The Morgan fingerprint density at radius 3 is 2.48 bits per heavy atom. The fraction of sp³-hybridized carbons (Fsp3) is 0.500. The van der Waals surface area contributed by atoms with Crippen molar-refractivity contribution in [2.75, 3.05) is 19.1 Å². The molecule has 0 aliphatic rings. The van der Waals surface area contributed by atoms with E-state index in [2.05, 4.69) is 5.32 Å². The number of carbonyl (C=O) groups excluding carboxylic acids is 2. The van der Waals surface area contributed by atoms with Gasteiger partial charge < -0.3 is 15.0 Å². The quantitative estimate of drug-likeness (QED) is 0.817. The molecule has 0 aliphatic heterocycles. The van der Waals surface area contributed by atoms with Crippen LogP contribution in [-0.4, -0.2) is 38.1 Å². The van der Waals surface area contributed by atoms with E-state index < -0.39 is 5.97 Å². The van der Waals surface area contributed by atoms with Crippen LogP contribution in [0.4, 0.5) is 5.69 Å². The van der Waals surface area contributed by atoms with Gasteiger partial charge in [0.25, 0.3) is 0 Å². The van der Waals surface area contributed by atoms with Gasteiger partial charge in [-0.3, -0.25) is 4.79 Å². The molecule has 0 aromatic heterocycles. The van der Waals surface area contributed by atoms with Crippen molar-refractivity contribution in [3.05, 3.63) is 29.8 Å². The van der Waals surface area contributed by atoms with Gasteiger partial charge in [0.05, 0.1) is 18.4 Å². The Kier molecular flexibility index (Phi) is 6.21. The fourth-order valence-electron chi connectivity index (χ4n) is 1.91. The first kappa shape index (κ1) is 17.0. The Bertz CT molecular complexity index is 502. The average molecular weight is 292 g/mol. The van der Waals surface area contributed by atoms with Gasteiger partial charge in [0.15, 0.2) is 0 Å². The van der Waals surface area contributed by atoms with Crippen LogP contribution in [0.3, 0.4) is 0 Å². The molecule has 116 valence electrons. The number of likely N-dealkylation sites (N-methyl/N-ethyl adjacent to an activating group) is 1. The predicted molar refractivity (Wildman–Crippen MR) is 83.5 cm³/mol. The van der Waals surface area contributed by atoms with Gasteiger partial charge in [0.2, 0.25) is 5.91 Å². The first-order chi connectivity index (χ1) is 9.92. The summed E-state index contributed by atoms with van der Waals surface area (Å²) in [5.41, 5.74) is 1.13. The molecule has 0 heterocycles. The zero-order valence-electron chi connectivity index (χ0n) is 13.3. The van der Waals surface area contributed by atoms with E-state index in [1.165, 1.54) is 7.11 Å². The van der Waals surface area contributed by atoms with E-state index in [9.17, 15) is 9.59 Å². The number of rotatable bonds is 6. The monoisotopic (exact) mass is 292 g/mol. The maximum atomic E-state index is 12.2. The van der Waals surface area contributed by atoms with Gasteiger partial charge in [-0.05, 0) is 32.4 Å². The summed E-state index contributed by atoms with van der Waals surface area (Å²) in [6.07, 6.45) is 0.876. The number of nitrogens with one attached hydrogen (secondary N) is 1. The number of hydrogen-bond acceptors (Lipinski definition) is 4. The first-order valence-corrected chi connectivity index (χ1v) is 7.12. The summed E-state index contributed by atoms with van der Waals surface area (Å²) in [6.45, 7) is 5.80. The lowest BCUT2D eigenvalue weighted by Gasteiger charge is -2.28. The molecular formula is C16H24N2O3. The number of esters is 1. The number of nitrogens with zero attached hydrogens (tertiary/aromatic N) is 1. The van der Waals surface area contributed by atoms with Gasteiger partial charge in [-0.1, -0.05) is 19.1 Å². The summed E-state index contributed by atoms with van der Waals surface area (Å²) >= 11 is 0. The van der Waals surface area contributed by atoms with E-state index in [1.54, 1.807) is 30.1 Å². The van der Waals surface area contributed by atoms with Crippen LogP contribution in [0.1, 0.15) is 37.6 Å². The van der Waals surface area contributed by atoms with Crippen LogP contribution < -0.4 is 10.2 Å². The Morgan fingerprint density at radius 2 is 1.90 bits per heavy atom. The van der Waals surface area contributed by atoms with Crippen LogP contribution in [0.2, 0.25) is 0 Å². The Labute approximate surface area is 126 Å². The molecule has 2 atom stereocenters. The Hall–Kier alpha value is -2.04. The number of methoxy groups -OCH3 is 1. The molecular weight excluding hydrogens is 268 g/mol. The third-order valence-electron chi connectivity index (χ3n) is 3.65. The SMILES string of the molecule is CCC(C)NC(=O)C(C)N(C)c1ccccc1C(=O)OC. The van der Waals surface area contributed by atoms with Crippen molar-refractivity contribution in [2.45, 2.75) is 39.3 Å². The van der Waals surface area contributed by atoms with Crippen molar-refractivity contribution < 1.29 is 14.3 Å². The highest BCUT2D eigenvalue weighted by Gasteiger charge is 2.23. The van der Waals surface area contributed by atoms with Crippen LogP contribution in [0.5, 0.6) is 0 Å². The van der Waals surface area contributed by atoms with Gasteiger partial charge >= 0.3 is 5.97 Å². The summed E-state index contributed by atoms with van der Waals surface area (Å²) in [4.78, 5) is 25.8. The number of para-hydroxylation sites is 1. The topological polar surface area (TPSA) is 58.6 Å². The lowest BCUT2D eigenvalue weighted by atomic mass is 10.1. The highest BCUT2D eigenvalue weighted by molar-refractivity contribution is 5.97. The zero-order chi connectivity index (χ0) is 16.0. The van der Waals surface area contributed by atoms with Gasteiger partial charge in [0.1, 0.15) is 6.04 Å². The predicted octanol–water partition coefficient (Wildman–Crippen LogP) is 2.21. The third-order valence-corrected chi connectivity index (χ3v) is 3.65. The van der Waals surface area contributed by atoms with E-state index in [0.29, 0.717) is 11.3 Å². The maximum Gasteiger partial charge on any atom is 0.339 e. The van der Waals surface area contributed by atoms with Gasteiger partial charge in [-0.15, -0.1) is 0 Å². The molecule has 5 heteroatoms. The second kappa shape index (κ2) is 7.67. The summed E-state index contributed by atoms with van der Waals surface area (Å²) in [5, 5.41) is 2.95. The zero-order valence-corrected chi connectivity index (χ0v) is 13.3. The number of anilines is 1. The number of hydrogen-bond donors (Lipinski definition) is 1. The molecule has 1 N–H and O–H groups in total. The van der Waals surface area contributed by atoms with E-state index in [0.717, 1.165) is 6.42 Å². The molecule has 0 aliphatic carbocycles. The van der Waals surface area contributed by atoms with E-state index in [4.69, 9.17) is 4.74 Å². The number of carbonyl (C=O) groups is 2. The highest BCUT2D eigenvalue weighted by atomic mass is 16.5. The van der Waals surface area contributed by atoms with Gasteiger partial charge in [-0.2, -0.15) is 0 Å². The van der Waals surface area contributed by atoms with Crippen LogP contribution in [0, 0.1) is 0 Å². The highest BCUT2D eigenvalue weighted by Crippen LogP contribution is 2.22. The molecule has 1 rings (SSSR count). The minimum absolute atomic E-state index is 0.0634. The van der Waals surface area contributed by atoms with E-state index in [-0.39, 0.29) is 18.0 Å². The summed E-state index contributed by atoms with van der Waals surface area (Å²) in [5.74, 6) is -0.474. The van der Waals surface area contributed by atoms with E-state index in [1.807, 2.05) is 26.8 Å². The smallest absolute Gasteiger partial charge is 0.339 e. The van der Waals surface area contributed by atoms with Crippen LogP contribution in [-0.2, 0) is 9.53 Å². The second-order valence-electron chi connectivity index (χ2n) is 5.11. The summed E-state index contributed by atoms with van der Waals surface area (Å²) in [7, 11) is 3.14. The standard InChI is InChI=1S/C16H24N2O3/c1-6-11(2)17-15(19)12(3)18(4)14-10-8-7-9-13(14)16(20)21-5/h7-12H,6H2,1-5H3,(H,17,19). The average Bonchev–Trinajstić information content (AvgIpc) is 2.52. The third kappa shape index (κ3) is 4.21. The van der Waals surface area contributed by atoms with Gasteiger partial charge in [-0.25, -0.2) is 4.79 Å². The molecule has 2 unspecified atom stereocenters. The van der Waals surface area contributed by atoms with Crippen LogP contribution >= 0.6 is 0 Å².